The van der Waals surface area contributed by atoms with Crippen molar-refractivity contribution in [2.24, 2.45) is 5.92 Å². The largest absolute Gasteiger partial charge is 0.481 e. The quantitative estimate of drug-likeness (QED) is 0.734. The summed E-state index contributed by atoms with van der Waals surface area (Å²) in [6.45, 7) is 7.65. The van der Waals surface area contributed by atoms with Crippen LogP contribution >= 0.6 is 0 Å². The number of carbonyl (C=O) groups excluding carboxylic acids is 1. The highest BCUT2D eigenvalue weighted by Gasteiger charge is 2.32. The summed E-state index contributed by atoms with van der Waals surface area (Å²) in [6.07, 6.45) is 3.99. The van der Waals surface area contributed by atoms with Crippen molar-refractivity contribution >= 4 is 11.8 Å². The summed E-state index contributed by atoms with van der Waals surface area (Å²) >= 11 is 0. The van der Waals surface area contributed by atoms with Gasteiger partial charge >= 0.3 is 5.97 Å². The summed E-state index contributed by atoms with van der Waals surface area (Å²) in [5.74, 6) is -0.914. The Morgan fingerprint density at radius 3 is 2.31 bits per heavy atom. The summed E-state index contributed by atoms with van der Waals surface area (Å²) in [6, 6.07) is 0. The minimum absolute atomic E-state index is 0.0444. The van der Waals surface area contributed by atoms with E-state index in [2.05, 4.69) is 0 Å². The molecule has 1 atom stereocenters. The highest BCUT2D eigenvalue weighted by atomic mass is 16.4. The molecule has 0 saturated heterocycles. The molecule has 0 bridgehead atoms. The molecular formula is C13H20O3. The zero-order valence-corrected chi connectivity index (χ0v) is 10.4. The van der Waals surface area contributed by atoms with E-state index in [1.54, 1.807) is 13.0 Å². The predicted octanol–water partition coefficient (Wildman–Crippen LogP) is 2.97. The first-order valence-electron chi connectivity index (χ1n) is 5.68. The molecule has 1 fully saturated rings. The standard InChI is InChI=1S/C11H14O3.C2H6/c1-3-8-7(6-11(13)14)5-10(12)9(8)4-2;1-2/h3-4,7H,5-6H2,1-2H3,(H,13,14);1-2H3/b8-3-,9-4+;/t7-;/m0./s1. The van der Waals surface area contributed by atoms with Crippen LogP contribution in [0, 0.1) is 5.92 Å². The first-order chi connectivity index (χ1) is 7.60. The molecule has 0 aliphatic heterocycles. The van der Waals surface area contributed by atoms with Crippen LogP contribution in [0.1, 0.15) is 40.5 Å². The van der Waals surface area contributed by atoms with Crippen LogP contribution in [0.5, 0.6) is 0 Å². The first-order valence-corrected chi connectivity index (χ1v) is 5.68. The molecule has 1 saturated carbocycles. The number of allylic oxidation sites excluding steroid dienone is 4. The van der Waals surface area contributed by atoms with E-state index in [1.807, 2.05) is 26.8 Å². The number of Topliss-reactive ketones (excluding diaryl/α,β-unsaturated/α-hetero) is 1. The van der Waals surface area contributed by atoms with Gasteiger partial charge < -0.3 is 5.11 Å². The normalized spacial score (nSPS) is 24.5. The van der Waals surface area contributed by atoms with E-state index in [0.717, 1.165) is 5.57 Å². The fraction of sp³-hybridized carbons (Fsp3) is 0.538. The molecule has 3 heteroatoms. The van der Waals surface area contributed by atoms with Crippen molar-refractivity contribution < 1.29 is 14.7 Å². The molecule has 0 radical (unpaired) electrons. The molecule has 0 aromatic heterocycles. The van der Waals surface area contributed by atoms with Crippen LogP contribution in [-0.2, 0) is 9.59 Å². The SMILES string of the molecule is C/C=C1\C(=C/C)C(=O)C[C@H]1CC(=O)O.CC. The van der Waals surface area contributed by atoms with Gasteiger partial charge in [-0.15, -0.1) is 0 Å². The van der Waals surface area contributed by atoms with Crippen molar-refractivity contribution in [1.29, 1.82) is 0 Å². The van der Waals surface area contributed by atoms with E-state index in [9.17, 15) is 9.59 Å². The molecule has 0 aromatic rings. The van der Waals surface area contributed by atoms with E-state index < -0.39 is 5.97 Å². The van der Waals surface area contributed by atoms with Crippen molar-refractivity contribution in [1.82, 2.24) is 0 Å². The number of aliphatic carboxylic acids is 1. The average Bonchev–Trinajstić information content (AvgIpc) is 2.55. The van der Waals surface area contributed by atoms with Gasteiger partial charge in [-0.3, -0.25) is 9.59 Å². The van der Waals surface area contributed by atoms with Gasteiger partial charge in [0, 0.05) is 17.9 Å². The molecule has 0 amide bonds. The number of hydrogen-bond acceptors (Lipinski definition) is 2. The van der Waals surface area contributed by atoms with E-state index in [4.69, 9.17) is 5.11 Å². The molecule has 0 unspecified atom stereocenters. The summed E-state index contributed by atoms with van der Waals surface area (Å²) in [5.41, 5.74) is 1.58. The Hall–Kier alpha value is -1.38. The molecule has 0 spiro atoms. The number of carboxylic acid groups (broad SMARTS) is 1. The van der Waals surface area contributed by atoms with Gasteiger partial charge in [-0.1, -0.05) is 26.0 Å². The van der Waals surface area contributed by atoms with Crippen molar-refractivity contribution in [3.8, 4) is 0 Å². The highest BCUT2D eigenvalue weighted by molar-refractivity contribution is 6.03. The van der Waals surface area contributed by atoms with Gasteiger partial charge in [0.1, 0.15) is 0 Å². The zero-order valence-electron chi connectivity index (χ0n) is 10.4. The monoisotopic (exact) mass is 224 g/mol. The van der Waals surface area contributed by atoms with Crippen molar-refractivity contribution in [2.75, 3.05) is 0 Å². The number of carbonyl (C=O) groups is 2. The maximum Gasteiger partial charge on any atom is 0.303 e. The van der Waals surface area contributed by atoms with E-state index in [-0.39, 0.29) is 18.1 Å². The number of ketones is 1. The number of carboxylic acids is 1. The zero-order chi connectivity index (χ0) is 12.7. The van der Waals surface area contributed by atoms with Gasteiger partial charge in [0.05, 0.1) is 6.42 Å². The van der Waals surface area contributed by atoms with E-state index in [0.29, 0.717) is 12.0 Å². The molecule has 1 N–H and O–H groups in total. The maximum atomic E-state index is 11.5. The van der Waals surface area contributed by atoms with Crippen LogP contribution in [-0.4, -0.2) is 16.9 Å². The lowest BCUT2D eigenvalue weighted by Crippen LogP contribution is -2.06. The number of hydrogen-bond donors (Lipinski definition) is 1. The van der Waals surface area contributed by atoms with Gasteiger partial charge in [-0.05, 0) is 19.4 Å². The highest BCUT2D eigenvalue weighted by Crippen LogP contribution is 2.35. The first kappa shape index (κ1) is 14.6. The minimum atomic E-state index is -0.848. The van der Waals surface area contributed by atoms with E-state index >= 15 is 0 Å². The summed E-state index contributed by atoms with van der Waals surface area (Å²) in [5, 5.41) is 8.67. The second-order valence-corrected chi connectivity index (χ2v) is 3.37. The third kappa shape index (κ3) is 3.33. The molecule has 1 rings (SSSR count). The van der Waals surface area contributed by atoms with Gasteiger partial charge in [0.25, 0.3) is 0 Å². The summed E-state index contributed by atoms with van der Waals surface area (Å²) in [4.78, 5) is 22.0. The maximum absolute atomic E-state index is 11.5. The second-order valence-electron chi connectivity index (χ2n) is 3.37. The molecule has 0 aromatic carbocycles. The molecule has 16 heavy (non-hydrogen) atoms. The van der Waals surface area contributed by atoms with Gasteiger partial charge in [0.15, 0.2) is 5.78 Å². The van der Waals surface area contributed by atoms with Crippen LogP contribution in [0.15, 0.2) is 23.3 Å². The molecule has 0 heterocycles. The fourth-order valence-corrected chi connectivity index (χ4v) is 1.94. The Morgan fingerprint density at radius 2 is 1.94 bits per heavy atom. The summed E-state index contributed by atoms with van der Waals surface area (Å²) in [7, 11) is 0. The van der Waals surface area contributed by atoms with Gasteiger partial charge in [-0.2, -0.15) is 0 Å². The average molecular weight is 224 g/mol. The van der Waals surface area contributed by atoms with Gasteiger partial charge in [0.2, 0.25) is 0 Å². The Balaban J connectivity index is 0.00000106. The van der Waals surface area contributed by atoms with Crippen molar-refractivity contribution in [2.45, 2.75) is 40.5 Å². The Bertz CT molecular complexity index is 324. The topological polar surface area (TPSA) is 54.4 Å². The molecule has 3 nitrogen and oxygen atoms in total. The minimum Gasteiger partial charge on any atom is -0.481 e. The van der Waals surface area contributed by atoms with Crippen molar-refractivity contribution in [3.05, 3.63) is 23.3 Å². The van der Waals surface area contributed by atoms with Crippen LogP contribution in [0.3, 0.4) is 0 Å². The lowest BCUT2D eigenvalue weighted by Gasteiger charge is -2.07. The van der Waals surface area contributed by atoms with Crippen LogP contribution in [0.4, 0.5) is 0 Å². The Kier molecular flexibility index (Phi) is 6.38. The summed E-state index contributed by atoms with van der Waals surface area (Å²) < 4.78 is 0. The smallest absolute Gasteiger partial charge is 0.303 e. The molecule has 90 valence electrons. The lowest BCUT2D eigenvalue weighted by molar-refractivity contribution is -0.137. The third-order valence-electron chi connectivity index (χ3n) is 2.50. The van der Waals surface area contributed by atoms with Crippen LogP contribution in [0.2, 0.25) is 0 Å². The lowest BCUT2D eigenvalue weighted by atomic mass is 9.97. The van der Waals surface area contributed by atoms with Crippen molar-refractivity contribution in [3.63, 3.8) is 0 Å². The van der Waals surface area contributed by atoms with E-state index in [1.165, 1.54) is 0 Å². The molecule has 1 aliphatic rings. The predicted molar refractivity (Wildman–Crippen MR) is 64.2 cm³/mol. The fourth-order valence-electron chi connectivity index (χ4n) is 1.94. The Labute approximate surface area is 96.9 Å². The molecule has 1 aliphatic carbocycles. The Morgan fingerprint density at radius 1 is 1.38 bits per heavy atom. The van der Waals surface area contributed by atoms with Crippen LogP contribution < -0.4 is 0 Å². The van der Waals surface area contributed by atoms with Gasteiger partial charge in [-0.25, -0.2) is 0 Å². The third-order valence-corrected chi connectivity index (χ3v) is 2.50. The van der Waals surface area contributed by atoms with Crippen LogP contribution in [0.25, 0.3) is 0 Å². The number of rotatable bonds is 2. The second kappa shape index (κ2) is 6.99. The molecular weight excluding hydrogens is 204 g/mol.